The number of para-hydroxylation sites is 1. The van der Waals surface area contributed by atoms with Crippen LogP contribution in [0.2, 0.25) is 0 Å². The molecule has 0 fully saturated rings. The minimum atomic E-state index is -1.16. The highest BCUT2D eigenvalue weighted by Gasteiger charge is 2.46. The summed E-state index contributed by atoms with van der Waals surface area (Å²) in [6.07, 6.45) is 2.30. The highest BCUT2D eigenvalue weighted by Crippen LogP contribution is 2.35. The van der Waals surface area contributed by atoms with Gasteiger partial charge in [0.25, 0.3) is 5.91 Å². The lowest BCUT2D eigenvalue weighted by Gasteiger charge is -2.39. The number of cyclic esters (lactones) is 1. The number of hydrogen-bond donors (Lipinski definition) is 0. The lowest BCUT2D eigenvalue weighted by atomic mass is 9.87. The van der Waals surface area contributed by atoms with Gasteiger partial charge in [-0.25, -0.2) is 4.79 Å². The summed E-state index contributed by atoms with van der Waals surface area (Å²) in [6.45, 7) is 4.41. The molecule has 0 spiro atoms. The molecule has 2 aliphatic heterocycles. The lowest BCUT2D eigenvalue weighted by Crippen LogP contribution is -2.54. The van der Waals surface area contributed by atoms with E-state index in [1.165, 1.54) is 5.56 Å². The molecule has 25 heavy (non-hydrogen) atoms. The maximum absolute atomic E-state index is 13.4. The number of amides is 1. The van der Waals surface area contributed by atoms with Crippen LogP contribution in [0.15, 0.2) is 42.5 Å². The Morgan fingerprint density at radius 2 is 1.88 bits per heavy atom. The van der Waals surface area contributed by atoms with E-state index < -0.39 is 11.6 Å². The van der Waals surface area contributed by atoms with Crippen molar-refractivity contribution in [3.8, 4) is 0 Å². The second-order valence-electron chi connectivity index (χ2n) is 7.10. The predicted octanol–water partition coefficient (Wildman–Crippen LogP) is 3.45. The first kappa shape index (κ1) is 15.9. The fourth-order valence-electron chi connectivity index (χ4n) is 3.99. The molecule has 0 N–H and O–H groups in total. The molecule has 0 saturated carbocycles. The first-order valence-corrected chi connectivity index (χ1v) is 8.71. The average Bonchev–Trinajstić information content (AvgIpc) is 2.61. The fourth-order valence-corrected chi connectivity index (χ4v) is 3.99. The van der Waals surface area contributed by atoms with Gasteiger partial charge in [0, 0.05) is 18.7 Å². The number of rotatable bonds is 1. The van der Waals surface area contributed by atoms with E-state index in [0.29, 0.717) is 18.5 Å². The van der Waals surface area contributed by atoms with Crippen LogP contribution in [-0.2, 0) is 22.4 Å². The second kappa shape index (κ2) is 5.73. The Hall–Kier alpha value is -2.62. The number of nitrogens with zero attached hydrogens (tertiary/aromatic N) is 1. The summed E-state index contributed by atoms with van der Waals surface area (Å²) >= 11 is 0. The SMILES string of the molecule is Cc1cccc2c1N(C(=O)C1(C)Cc3ccccc3C(=O)O1)CCC2. The van der Waals surface area contributed by atoms with Crippen LogP contribution >= 0.6 is 0 Å². The third-order valence-electron chi connectivity index (χ3n) is 5.20. The molecule has 1 atom stereocenters. The molecule has 2 aromatic carbocycles. The van der Waals surface area contributed by atoms with Crippen molar-refractivity contribution in [1.82, 2.24) is 0 Å². The van der Waals surface area contributed by atoms with Crippen molar-refractivity contribution in [2.45, 2.75) is 38.7 Å². The average molecular weight is 335 g/mol. The van der Waals surface area contributed by atoms with Crippen LogP contribution in [-0.4, -0.2) is 24.0 Å². The molecule has 1 unspecified atom stereocenters. The van der Waals surface area contributed by atoms with Gasteiger partial charge in [0.2, 0.25) is 0 Å². The number of carbonyl (C=O) groups is 2. The predicted molar refractivity (Wildman–Crippen MR) is 95.8 cm³/mol. The Morgan fingerprint density at radius 3 is 2.72 bits per heavy atom. The molecule has 0 saturated heterocycles. The van der Waals surface area contributed by atoms with Gasteiger partial charge in [0.1, 0.15) is 0 Å². The summed E-state index contributed by atoms with van der Waals surface area (Å²) < 4.78 is 5.64. The zero-order valence-electron chi connectivity index (χ0n) is 14.5. The Morgan fingerprint density at radius 1 is 1.12 bits per heavy atom. The van der Waals surface area contributed by atoms with Crippen molar-refractivity contribution in [2.24, 2.45) is 0 Å². The van der Waals surface area contributed by atoms with Gasteiger partial charge in [-0.05, 0) is 49.4 Å². The topological polar surface area (TPSA) is 46.6 Å². The molecule has 0 aromatic heterocycles. The first-order valence-electron chi connectivity index (χ1n) is 8.71. The van der Waals surface area contributed by atoms with E-state index in [9.17, 15) is 9.59 Å². The van der Waals surface area contributed by atoms with Gasteiger partial charge < -0.3 is 9.64 Å². The van der Waals surface area contributed by atoms with Crippen LogP contribution in [0.5, 0.6) is 0 Å². The molecule has 4 nitrogen and oxygen atoms in total. The Bertz CT molecular complexity index is 873. The van der Waals surface area contributed by atoms with E-state index in [2.05, 4.69) is 6.07 Å². The number of benzene rings is 2. The largest absolute Gasteiger partial charge is 0.445 e. The van der Waals surface area contributed by atoms with E-state index in [1.807, 2.05) is 42.2 Å². The van der Waals surface area contributed by atoms with Crippen LogP contribution in [0.1, 0.15) is 40.4 Å². The van der Waals surface area contributed by atoms with E-state index in [4.69, 9.17) is 4.74 Å². The van der Waals surface area contributed by atoms with Gasteiger partial charge in [0.15, 0.2) is 5.60 Å². The maximum Gasteiger partial charge on any atom is 0.339 e. The summed E-state index contributed by atoms with van der Waals surface area (Å²) in [4.78, 5) is 27.6. The third kappa shape index (κ3) is 2.53. The summed E-state index contributed by atoms with van der Waals surface area (Å²) in [6, 6.07) is 13.5. The number of esters is 1. The van der Waals surface area contributed by atoms with Crippen molar-refractivity contribution in [3.05, 3.63) is 64.7 Å². The fraction of sp³-hybridized carbons (Fsp3) is 0.333. The minimum Gasteiger partial charge on any atom is -0.445 e. The Balaban J connectivity index is 1.72. The minimum absolute atomic E-state index is 0.134. The molecule has 0 radical (unpaired) electrons. The second-order valence-corrected chi connectivity index (χ2v) is 7.10. The summed E-state index contributed by atoms with van der Waals surface area (Å²) in [5, 5.41) is 0. The maximum atomic E-state index is 13.4. The van der Waals surface area contributed by atoms with Crippen molar-refractivity contribution in [1.29, 1.82) is 0 Å². The van der Waals surface area contributed by atoms with Crippen molar-refractivity contribution in [2.75, 3.05) is 11.4 Å². The molecule has 4 rings (SSSR count). The normalized spacial score (nSPS) is 22.0. The molecule has 0 bridgehead atoms. The zero-order chi connectivity index (χ0) is 17.6. The Labute approximate surface area is 147 Å². The molecule has 1 amide bonds. The summed E-state index contributed by atoms with van der Waals surface area (Å²) in [7, 11) is 0. The number of fused-ring (bicyclic) bond motifs is 2. The van der Waals surface area contributed by atoms with E-state index in [-0.39, 0.29) is 5.91 Å². The zero-order valence-corrected chi connectivity index (χ0v) is 14.5. The third-order valence-corrected chi connectivity index (χ3v) is 5.20. The van der Waals surface area contributed by atoms with Gasteiger partial charge in [-0.1, -0.05) is 36.4 Å². The number of hydrogen-bond acceptors (Lipinski definition) is 3. The van der Waals surface area contributed by atoms with Gasteiger partial charge in [-0.15, -0.1) is 0 Å². The van der Waals surface area contributed by atoms with Gasteiger partial charge in [-0.3, -0.25) is 4.79 Å². The van der Waals surface area contributed by atoms with Gasteiger partial charge in [0.05, 0.1) is 5.56 Å². The lowest BCUT2D eigenvalue weighted by molar-refractivity contribution is -0.137. The van der Waals surface area contributed by atoms with Gasteiger partial charge >= 0.3 is 5.97 Å². The molecule has 128 valence electrons. The van der Waals surface area contributed by atoms with Crippen LogP contribution in [0.25, 0.3) is 0 Å². The standard InChI is InChI=1S/C21H21NO3/c1-14-7-5-9-15-10-6-12-22(18(14)15)20(24)21(2)13-16-8-3-4-11-17(16)19(23)25-21/h3-5,7-9,11H,6,10,12-13H2,1-2H3. The van der Waals surface area contributed by atoms with Crippen molar-refractivity contribution in [3.63, 3.8) is 0 Å². The molecule has 2 aliphatic rings. The first-order chi connectivity index (χ1) is 12.0. The highest BCUT2D eigenvalue weighted by atomic mass is 16.6. The molecular weight excluding hydrogens is 314 g/mol. The molecule has 4 heteroatoms. The number of anilines is 1. The van der Waals surface area contributed by atoms with Crippen LogP contribution in [0.3, 0.4) is 0 Å². The Kier molecular flexibility index (Phi) is 3.64. The van der Waals surface area contributed by atoms with Crippen LogP contribution in [0, 0.1) is 6.92 Å². The summed E-state index contributed by atoms with van der Waals surface area (Å²) in [5.41, 5.74) is 3.51. The van der Waals surface area contributed by atoms with E-state index in [1.54, 1.807) is 13.0 Å². The van der Waals surface area contributed by atoms with Crippen LogP contribution in [0.4, 0.5) is 5.69 Å². The molecule has 2 aromatic rings. The van der Waals surface area contributed by atoms with E-state index >= 15 is 0 Å². The number of carbonyl (C=O) groups excluding carboxylic acids is 2. The number of aryl methyl sites for hydroxylation is 2. The van der Waals surface area contributed by atoms with Crippen LogP contribution < -0.4 is 4.90 Å². The monoisotopic (exact) mass is 335 g/mol. The number of ether oxygens (including phenoxy) is 1. The van der Waals surface area contributed by atoms with E-state index in [0.717, 1.165) is 29.7 Å². The molecular formula is C21H21NO3. The van der Waals surface area contributed by atoms with Crippen molar-refractivity contribution < 1.29 is 14.3 Å². The highest BCUT2D eigenvalue weighted by molar-refractivity contribution is 6.04. The quantitative estimate of drug-likeness (QED) is 0.750. The van der Waals surface area contributed by atoms with Gasteiger partial charge in [-0.2, -0.15) is 0 Å². The molecule has 0 aliphatic carbocycles. The smallest absolute Gasteiger partial charge is 0.339 e. The molecule has 2 heterocycles. The van der Waals surface area contributed by atoms with Crippen molar-refractivity contribution >= 4 is 17.6 Å². The summed E-state index contributed by atoms with van der Waals surface area (Å²) in [5.74, 6) is -0.551.